The van der Waals surface area contributed by atoms with E-state index in [1.165, 1.54) is 6.21 Å². The van der Waals surface area contributed by atoms with Crippen molar-refractivity contribution in [2.45, 2.75) is 0 Å². The van der Waals surface area contributed by atoms with E-state index in [4.69, 9.17) is 5.11 Å². The van der Waals surface area contributed by atoms with Crippen LogP contribution >= 0.6 is 0 Å². The summed E-state index contributed by atoms with van der Waals surface area (Å²) in [6.45, 7) is -0.447. The van der Waals surface area contributed by atoms with Gasteiger partial charge in [0.2, 0.25) is 6.61 Å². The summed E-state index contributed by atoms with van der Waals surface area (Å²) in [4.78, 5) is 21.8. The molecule has 2 aromatic rings. The number of aromatic nitrogens is 2. The predicted octanol–water partition coefficient (Wildman–Crippen LogP) is 0.998. The summed E-state index contributed by atoms with van der Waals surface area (Å²) in [5.74, 6) is -1.06. The maximum absolute atomic E-state index is 10.2. The van der Waals surface area contributed by atoms with E-state index in [1.54, 1.807) is 12.4 Å². The van der Waals surface area contributed by atoms with Crippen LogP contribution in [0.1, 0.15) is 5.56 Å². The van der Waals surface area contributed by atoms with Gasteiger partial charge in [-0.05, 0) is 12.1 Å². The van der Waals surface area contributed by atoms with Crippen molar-refractivity contribution in [1.29, 1.82) is 0 Å². The van der Waals surface area contributed by atoms with Gasteiger partial charge < -0.3 is 14.9 Å². The highest BCUT2D eigenvalue weighted by molar-refractivity contribution is 5.97. The van der Waals surface area contributed by atoms with Crippen LogP contribution in [0.25, 0.3) is 11.0 Å². The van der Waals surface area contributed by atoms with Crippen molar-refractivity contribution in [2.75, 3.05) is 6.61 Å². The lowest BCUT2D eigenvalue weighted by Crippen LogP contribution is -2.03. The molecule has 0 aliphatic heterocycles. The van der Waals surface area contributed by atoms with E-state index in [9.17, 15) is 4.79 Å². The predicted molar refractivity (Wildman–Crippen MR) is 57.3 cm³/mol. The minimum absolute atomic E-state index is 0.447. The number of carboxylic acid groups (broad SMARTS) is 1. The average Bonchev–Trinajstić information content (AvgIpc) is 2.68. The number of H-pyrrole nitrogens is 1. The van der Waals surface area contributed by atoms with Gasteiger partial charge in [-0.15, -0.1) is 0 Å². The standard InChI is InChI=1S/C10H9N3O3/c14-9(15)6-16-13-5-7-4-12-10-8(7)2-1-3-11-10/h1-5H,6H2,(H,11,12)(H,14,15). The minimum atomic E-state index is -1.06. The number of carbonyl (C=O) groups is 1. The zero-order chi connectivity index (χ0) is 11.4. The summed E-state index contributed by atoms with van der Waals surface area (Å²) < 4.78 is 0. The molecule has 0 bridgehead atoms. The molecular weight excluding hydrogens is 210 g/mol. The number of rotatable bonds is 4. The van der Waals surface area contributed by atoms with Crippen LogP contribution in [0.5, 0.6) is 0 Å². The molecule has 2 aromatic heterocycles. The number of hydrogen-bond donors (Lipinski definition) is 2. The van der Waals surface area contributed by atoms with Gasteiger partial charge in [0.1, 0.15) is 5.65 Å². The zero-order valence-corrected chi connectivity index (χ0v) is 8.25. The van der Waals surface area contributed by atoms with Crippen molar-refractivity contribution in [3.63, 3.8) is 0 Å². The lowest BCUT2D eigenvalue weighted by Gasteiger charge is -1.92. The lowest BCUT2D eigenvalue weighted by molar-refractivity contribution is -0.142. The SMILES string of the molecule is O=C(O)CON=Cc1c[nH]c2ncccc12. The first-order chi connectivity index (χ1) is 7.77. The number of hydrogen-bond acceptors (Lipinski definition) is 4. The first-order valence-corrected chi connectivity index (χ1v) is 4.56. The quantitative estimate of drug-likeness (QED) is 0.593. The smallest absolute Gasteiger partial charge is 0.344 e. The van der Waals surface area contributed by atoms with Crippen molar-refractivity contribution in [1.82, 2.24) is 9.97 Å². The monoisotopic (exact) mass is 219 g/mol. The van der Waals surface area contributed by atoms with Crippen LogP contribution in [0.3, 0.4) is 0 Å². The molecule has 0 aromatic carbocycles. The van der Waals surface area contributed by atoms with Crippen LogP contribution in [0.15, 0.2) is 29.7 Å². The molecule has 6 nitrogen and oxygen atoms in total. The Labute approximate surface area is 90.6 Å². The van der Waals surface area contributed by atoms with Gasteiger partial charge in [-0.25, -0.2) is 9.78 Å². The fourth-order valence-electron chi connectivity index (χ4n) is 1.27. The number of oxime groups is 1. The van der Waals surface area contributed by atoms with E-state index in [-0.39, 0.29) is 0 Å². The van der Waals surface area contributed by atoms with Gasteiger partial charge in [0, 0.05) is 23.3 Å². The molecule has 0 unspecified atom stereocenters. The molecule has 0 fully saturated rings. The van der Waals surface area contributed by atoms with Crippen LogP contribution in [-0.4, -0.2) is 33.9 Å². The van der Waals surface area contributed by atoms with Crippen molar-refractivity contribution >= 4 is 23.2 Å². The molecule has 2 N–H and O–H groups in total. The Morgan fingerprint density at radius 1 is 1.69 bits per heavy atom. The van der Waals surface area contributed by atoms with E-state index < -0.39 is 12.6 Å². The Morgan fingerprint density at radius 3 is 3.38 bits per heavy atom. The number of carboxylic acids is 1. The lowest BCUT2D eigenvalue weighted by atomic mass is 10.2. The Balaban J connectivity index is 2.12. The number of pyridine rings is 1. The zero-order valence-electron chi connectivity index (χ0n) is 8.25. The molecule has 16 heavy (non-hydrogen) atoms. The molecule has 0 radical (unpaired) electrons. The van der Waals surface area contributed by atoms with Crippen molar-refractivity contribution < 1.29 is 14.7 Å². The first-order valence-electron chi connectivity index (χ1n) is 4.56. The highest BCUT2D eigenvalue weighted by atomic mass is 16.6. The molecule has 0 aliphatic carbocycles. The highest BCUT2D eigenvalue weighted by Crippen LogP contribution is 2.13. The minimum Gasteiger partial charge on any atom is -0.479 e. The van der Waals surface area contributed by atoms with Crippen molar-refractivity contribution in [3.05, 3.63) is 30.1 Å². The Kier molecular flexibility index (Phi) is 2.81. The number of aliphatic carboxylic acids is 1. The fourth-order valence-corrected chi connectivity index (χ4v) is 1.27. The summed E-state index contributed by atoms with van der Waals surface area (Å²) in [5.41, 5.74) is 1.55. The summed E-state index contributed by atoms with van der Waals surface area (Å²) in [6, 6.07) is 3.70. The summed E-state index contributed by atoms with van der Waals surface area (Å²) >= 11 is 0. The number of nitrogens with one attached hydrogen (secondary N) is 1. The molecule has 0 saturated carbocycles. The largest absolute Gasteiger partial charge is 0.479 e. The van der Waals surface area contributed by atoms with E-state index >= 15 is 0 Å². The van der Waals surface area contributed by atoms with E-state index in [1.807, 2.05) is 12.1 Å². The van der Waals surface area contributed by atoms with E-state index in [0.717, 1.165) is 16.6 Å². The number of nitrogens with zero attached hydrogens (tertiary/aromatic N) is 2. The molecular formula is C10H9N3O3. The third-order valence-corrected chi connectivity index (χ3v) is 1.94. The van der Waals surface area contributed by atoms with Crippen LogP contribution in [0.2, 0.25) is 0 Å². The maximum atomic E-state index is 10.2. The van der Waals surface area contributed by atoms with Gasteiger partial charge in [-0.2, -0.15) is 0 Å². The molecule has 0 aliphatic rings. The van der Waals surface area contributed by atoms with Crippen LogP contribution in [0.4, 0.5) is 0 Å². The Morgan fingerprint density at radius 2 is 2.56 bits per heavy atom. The van der Waals surface area contributed by atoms with Crippen LogP contribution in [0, 0.1) is 0 Å². The van der Waals surface area contributed by atoms with Crippen LogP contribution < -0.4 is 0 Å². The Bertz CT molecular complexity index is 533. The van der Waals surface area contributed by atoms with Gasteiger partial charge in [0.05, 0.1) is 6.21 Å². The molecule has 6 heteroatoms. The van der Waals surface area contributed by atoms with Crippen molar-refractivity contribution in [2.24, 2.45) is 5.16 Å². The topological polar surface area (TPSA) is 87.6 Å². The summed E-state index contributed by atoms with van der Waals surface area (Å²) in [5, 5.41) is 12.8. The van der Waals surface area contributed by atoms with Gasteiger partial charge in [0.15, 0.2) is 0 Å². The first kappa shape index (κ1) is 10.2. The summed E-state index contributed by atoms with van der Waals surface area (Å²) in [7, 11) is 0. The van der Waals surface area contributed by atoms with Gasteiger partial charge in [-0.3, -0.25) is 0 Å². The molecule has 0 spiro atoms. The van der Waals surface area contributed by atoms with E-state index in [2.05, 4.69) is 20.0 Å². The molecule has 0 amide bonds. The fraction of sp³-hybridized carbons (Fsp3) is 0.100. The second kappa shape index (κ2) is 4.43. The third-order valence-electron chi connectivity index (χ3n) is 1.94. The third kappa shape index (κ3) is 2.17. The average molecular weight is 219 g/mol. The number of fused-ring (bicyclic) bond motifs is 1. The molecule has 82 valence electrons. The molecule has 2 rings (SSSR count). The highest BCUT2D eigenvalue weighted by Gasteiger charge is 2.01. The molecule has 0 atom stereocenters. The summed E-state index contributed by atoms with van der Waals surface area (Å²) in [6.07, 6.45) is 4.86. The van der Waals surface area contributed by atoms with Crippen molar-refractivity contribution in [3.8, 4) is 0 Å². The maximum Gasteiger partial charge on any atom is 0.344 e. The normalized spacial score (nSPS) is 11.0. The number of aromatic amines is 1. The molecule has 0 saturated heterocycles. The van der Waals surface area contributed by atoms with E-state index in [0.29, 0.717) is 0 Å². The Hall–Kier alpha value is -2.37. The van der Waals surface area contributed by atoms with Gasteiger partial charge in [-0.1, -0.05) is 5.16 Å². The van der Waals surface area contributed by atoms with Gasteiger partial charge in [0.25, 0.3) is 0 Å². The second-order valence-corrected chi connectivity index (χ2v) is 3.05. The second-order valence-electron chi connectivity index (χ2n) is 3.05. The van der Waals surface area contributed by atoms with Gasteiger partial charge >= 0.3 is 5.97 Å². The van der Waals surface area contributed by atoms with Crippen LogP contribution in [-0.2, 0) is 9.63 Å². The molecule has 2 heterocycles.